The molecule has 1 N–H and O–H groups in total. The highest BCUT2D eigenvalue weighted by Crippen LogP contribution is 2.32. The van der Waals surface area contributed by atoms with Crippen LogP contribution in [-0.2, 0) is 11.3 Å². The standard InChI is InChI=1S/C15H25N3O2/c1-3-8-16-13-10-15(20-9-7-12-5-6-12)18-14(17-13)11-19-4-2/h10,12H,3-9,11H2,1-2H3,(H,16,17,18). The summed E-state index contributed by atoms with van der Waals surface area (Å²) in [5, 5.41) is 3.28. The maximum absolute atomic E-state index is 5.75. The molecule has 0 aromatic carbocycles. The average Bonchev–Trinajstić information content (AvgIpc) is 3.27. The molecule has 1 heterocycles. The maximum Gasteiger partial charge on any atom is 0.218 e. The van der Waals surface area contributed by atoms with Gasteiger partial charge in [-0.3, -0.25) is 0 Å². The Bertz CT molecular complexity index is 382. The minimum Gasteiger partial charge on any atom is -0.478 e. The molecule has 1 aromatic heterocycles. The molecule has 0 saturated heterocycles. The molecule has 5 nitrogen and oxygen atoms in total. The van der Waals surface area contributed by atoms with Crippen LogP contribution in [0.5, 0.6) is 5.88 Å². The Labute approximate surface area is 121 Å². The van der Waals surface area contributed by atoms with Gasteiger partial charge >= 0.3 is 0 Å². The molecule has 1 fully saturated rings. The lowest BCUT2D eigenvalue weighted by molar-refractivity contribution is 0.127. The monoisotopic (exact) mass is 279 g/mol. The van der Waals surface area contributed by atoms with Crippen LogP contribution < -0.4 is 10.1 Å². The smallest absolute Gasteiger partial charge is 0.218 e. The van der Waals surface area contributed by atoms with Gasteiger partial charge in [-0.15, -0.1) is 0 Å². The molecule has 0 aliphatic heterocycles. The Morgan fingerprint density at radius 3 is 2.85 bits per heavy atom. The summed E-state index contributed by atoms with van der Waals surface area (Å²) in [6.45, 7) is 6.81. The van der Waals surface area contributed by atoms with E-state index in [1.807, 2.05) is 13.0 Å². The highest BCUT2D eigenvalue weighted by Gasteiger charge is 2.20. The Morgan fingerprint density at radius 2 is 2.15 bits per heavy atom. The zero-order chi connectivity index (χ0) is 14.2. The van der Waals surface area contributed by atoms with Crippen molar-refractivity contribution in [2.75, 3.05) is 25.1 Å². The van der Waals surface area contributed by atoms with Crippen LogP contribution in [0, 0.1) is 5.92 Å². The first-order valence-electron chi connectivity index (χ1n) is 7.64. The summed E-state index contributed by atoms with van der Waals surface area (Å²) in [6, 6.07) is 1.87. The van der Waals surface area contributed by atoms with Gasteiger partial charge in [0, 0.05) is 19.2 Å². The highest BCUT2D eigenvalue weighted by molar-refractivity contribution is 5.38. The molecule has 20 heavy (non-hydrogen) atoms. The molecular weight excluding hydrogens is 254 g/mol. The summed E-state index contributed by atoms with van der Waals surface area (Å²) < 4.78 is 11.1. The van der Waals surface area contributed by atoms with Crippen LogP contribution in [0.1, 0.15) is 45.4 Å². The largest absolute Gasteiger partial charge is 0.478 e. The zero-order valence-electron chi connectivity index (χ0n) is 12.5. The van der Waals surface area contributed by atoms with E-state index in [-0.39, 0.29) is 0 Å². The lowest BCUT2D eigenvalue weighted by Gasteiger charge is -2.10. The van der Waals surface area contributed by atoms with Gasteiger partial charge in [0.15, 0.2) is 5.82 Å². The van der Waals surface area contributed by atoms with Crippen molar-refractivity contribution in [3.8, 4) is 5.88 Å². The molecule has 1 aliphatic carbocycles. The van der Waals surface area contributed by atoms with E-state index in [4.69, 9.17) is 9.47 Å². The normalized spacial score (nSPS) is 14.3. The minimum atomic E-state index is 0.428. The van der Waals surface area contributed by atoms with Gasteiger partial charge in [0.05, 0.1) is 6.61 Å². The van der Waals surface area contributed by atoms with E-state index < -0.39 is 0 Å². The molecule has 0 spiro atoms. The summed E-state index contributed by atoms with van der Waals surface area (Å²) in [6.07, 6.45) is 4.89. The van der Waals surface area contributed by atoms with Crippen LogP contribution in [0.3, 0.4) is 0 Å². The van der Waals surface area contributed by atoms with E-state index in [0.29, 0.717) is 24.9 Å². The molecule has 1 aromatic rings. The van der Waals surface area contributed by atoms with E-state index in [0.717, 1.165) is 37.7 Å². The Kier molecular flexibility index (Phi) is 6.05. The van der Waals surface area contributed by atoms with E-state index >= 15 is 0 Å². The van der Waals surface area contributed by atoms with Gasteiger partial charge in [0.2, 0.25) is 5.88 Å². The molecule has 0 unspecified atom stereocenters. The first-order valence-corrected chi connectivity index (χ1v) is 7.64. The third kappa shape index (κ3) is 5.33. The highest BCUT2D eigenvalue weighted by atomic mass is 16.5. The fourth-order valence-corrected chi connectivity index (χ4v) is 1.88. The summed E-state index contributed by atoms with van der Waals surface area (Å²) in [4.78, 5) is 8.83. The molecular formula is C15H25N3O2. The Balaban J connectivity index is 1.94. The molecule has 0 bridgehead atoms. The number of hydrogen-bond acceptors (Lipinski definition) is 5. The van der Waals surface area contributed by atoms with Gasteiger partial charge in [-0.2, -0.15) is 4.98 Å². The van der Waals surface area contributed by atoms with Crippen molar-refractivity contribution in [1.29, 1.82) is 0 Å². The molecule has 0 amide bonds. The first kappa shape index (κ1) is 15.0. The van der Waals surface area contributed by atoms with Gasteiger partial charge in [0.25, 0.3) is 0 Å². The molecule has 2 rings (SSSR count). The van der Waals surface area contributed by atoms with Crippen molar-refractivity contribution in [3.63, 3.8) is 0 Å². The summed E-state index contributed by atoms with van der Waals surface area (Å²) >= 11 is 0. The summed E-state index contributed by atoms with van der Waals surface area (Å²) in [5.41, 5.74) is 0. The van der Waals surface area contributed by atoms with Gasteiger partial charge in [-0.1, -0.05) is 19.8 Å². The number of aromatic nitrogens is 2. The average molecular weight is 279 g/mol. The van der Waals surface area contributed by atoms with Crippen molar-refractivity contribution in [2.24, 2.45) is 5.92 Å². The number of nitrogens with zero attached hydrogens (tertiary/aromatic N) is 2. The van der Waals surface area contributed by atoms with Crippen molar-refractivity contribution in [2.45, 2.75) is 46.1 Å². The van der Waals surface area contributed by atoms with Gasteiger partial charge in [0.1, 0.15) is 12.4 Å². The first-order chi connectivity index (χ1) is 9.81. The predicted octanol–water partition coefficient (Wildman–Crippen LogP) is 3.01. The lowest BCUT2D eigenvalue weighted by atomic mass is 10.3. The van der Waals surface area contributed by atoms with Gasteiger partial charge < -0.3 is 14.8 Å². The van der Waals surface area contributed by atoms with Crippen LogP contribution >= 0.6 is 0 Å². The van der Waals surface area contributed by atoms with Crippen LogP contribution in [0.2, 0.25) is 0 Å². The molecule has 5 heteroatoms. The number of rotatable bonds is 10. The Morgan fingerprint density at radius 1 is 1.30 bits per heavy atom. The number of ether oxygens (including phenoxy) is 2. The van der Waals surface area contributed by atoms with E-state index in [1.54, 1.807) is 0 Å². The van der Waals surface area contributed by atoms with Crippen molar-refractivity contribution < 1.29 is 9.47 Å². The summed E-state index contributed by atoms with van der Waals surface area (Å²) in [7, 11) is 0. The molecule has 112 valence electrons. The van der Waals surface area contributed by atoms with Crippen LogP contribution in [-0.4, -0.2) is 29.7 Å². The number of hydrogen-bond donors (Lipinski definition) is 1. The second kappa shape index (κ2) is 8.04. The third-order valence-corrected chi connectivity index (χ3v) is 3.21. The van der Waals surface area contributed by atoms with Crippen LogP contribution in [0.15, 0.2) is 6.07 Å². The second-order valence-corrected chi connectivity index (χ2v) is 5.15. The van der Waals surface area contributed by atoms with Crippen molar-refractivity contribution in [1.82, 2.24) is 9.97 Å². The molecule has 1 aliphatic rings. The lowest BCUT2D eigenvalue weighted by Crippen LogP contribution is -2.09. The van der Waals surface area contributed by atoms with Crippen LogP contribution in [0.4, 0.5) is 5.82 Å². The van der Waals surface area contributed by atoms with E-state index in [9.17, 15) is 0 Å². The van der Waals surface area contributed by atoms with E-state index in [2.05, 4.69) is 22.2 Å². The van der Waals surface area contributed by atoms with Crippen molar-refractivity contribution >= 4 is 5.82 Å². The quantitative estimate of drug-likeness (QED) is 0.713. The van der Waals surface area contributed by atoms with Gasteiger partial charge in [-0.25, -0.2) is 4.98 Å². The maximum atomic E-state index is 5.75. The zero-order valence-corrected chi connectivity index (χ0v) is 12.5. The topological polar surface area (TPSA) is 56.3 Å². The fourth-order valence-electron chi connectivity index (χ4n) is 1.88. The number of nitrogens with one attached hydrogen (secondary N) is 1. The fraction of sp³-hybridized carbons (Fsp3) is 0.733. The molecule has 1 saturated carbocycles. The molecule has 0 atom stereocenters. The van der Waals surface area contributed by atoms with Gasteiger partial charge in [-0.05, 0) is 25.7 Å². The number of anilines is 1. The minimum absolute atomic E-state index is 0.428. The van der Waals surface area contributed by atoms with E-state index in [1.165, 1.54) is 12.8 Å². The third-order valence-electron chi connectivity index (χ3n) is 3.21. The second-order valence-electron chi connectivity index (χ2n) is 5.15. The Hall–Kier alpha value is -1.36. The predicted molar refractivity (Wildman–Crippen MR) is 79.0 cm³/mol. The van der Waals surface area contributed by atoms with Crippen molar-refractivity contribution in [3.05, 3.63) is 11.9 Å². The SMILES string of the molecule is CCCNc1cc(OCCC2CC2)nc(COCC)n1. The summed E-state index contributed by atoms with van der Waals surface area (Å²) in [5.74, 6) is 3.01. The van der Waals surface area contributed by atoms with Crippen LogP contribution in [0.25, 0.3) is 0 Å². The molecule has 0 radical (unpaired) electrons.